The number of nitrogens with one attached hydrogen (secondary N) is 1. The van der Waals surface area contributed by atoms with E-state index in [4.69, 9.17) is 4.74 Å². The normalized spacial score (nSPS) is 14.1. The molecular formula is C20H21FN6O2. The Balaban J connectivity index is 1.57. The summed E-state index contributed by atoms with van der Waals surface area (Å²) in [7, 11) is 0. The van der Waals surface area contributed by atoms with E-state index >= 15 is 0 Å². The number of halogens is 1. The van der Waals surface area contributed by atoms with Gasteiger partial charge >= 0.3 is 0 Å². The Kier molecular flexibility index (Phi) is 5.48. The highest BCUT2D eigenvalue weighted by atomic mass is 19.1. The van der Waals surface area contributed by atoms with Crippen molar-refractivity contribution in [2.24, 2.45) is 0 Å². The highest BCUT2D eigenvalue weighted by Gasteiger charge is 2.19. The smallest absolute Gasteiger partial charge is 0.255 e. The van der Waals surface area contributed by atoms with Crippen LogP contribution in [0.3, 0.4) is 0 Å². The Hall–Kier alpha value is -3.33. The van der Waals surface area contributed by atoms with Crippen LogP contribution in [-0.4, -0.2) is 52.0 Å². The monoisotopic (exact) mass is 396 g/mol. The molecule has 3 heterocycles. The van der Waals surface area contributed by atoms with Crippen molar-refractivity contribution in [1.29, 1.82) is 0 Å². The van der Waals surface area contributed by atoms with Crippen LogP contribution in [0.2, 0.25) is 0 Å². The van der Waals surface area contributed by atoms with Gasteiger partial charge in [-0.2, -0.15) is 5.10 Å². The van der Waals surface area contributed by atoms with Crippen molar-refractivity contribution in [2.45, 2.75) is 13.5 Å². The Morgan fingerprint density at radius 2 is 2.10 bits per heavy atom. The van der Waals surface area contributed by atoms with Gasteiger partial charge in [-0.1, -0.05) is 12.1 Å². The number of benzene rings is 1. The first-order valence-corrected chi connectivity index (χ1v) is 9.43. The average Bonchev–Trinajstić information content (AvgIpc) is 3.22. The molecule has 0 unspecified atom stereocenters. The maximum Gasteiger partial charge on any atom is 0.255 e. The van der Waals surface area contributed by atoms with Crippen molar-refractivity contribution >= 4 is 17.4 Å². The van der Waals surface area contributed by atoms with E-state index in [1.807, 2.05) is 11.8 Å². The molecule has 1 aromatic carbocycles. The first-order valence-electron chi connectivity index (χ1n) is 9.43. The first-order chi connectivity index (χ1) is 14.1. The third kappa shape index (κ3) is 4.24. The van der Waals surface area contributed by atoms with E-state index < -0.39 is 5.82 Å². The van der Waals surface area contributed by atoms with Crippen molar-refractivity contribution in [3.05, 3.63) is 54.2 Å². The van der Waals surface area contributed by atoms with E-state index in [-0.39, 0.29) is 11.7 Å². The zero-order valence-electron chi connectivity index (χ0n) is 16.0. The molecule has 3 aromatic rings. The predicted molar refractivity (Wildman–Crippen MR) is 106 cm³/mol. The van der Waals surface area contributed by atoms with Gasteiger partial charge in [0.25, 0.3) is 5.91 Å². The number of morpholine rings is 1. The summed E-state index contributed by atoms with van der Waals surface area (Å²) in [5, 5.41) is 6.96. The van der Waals surface area contributed by atoms with Crippen LogP contribution in [0.5, 0.6) is 0 Å². The van der Waals surface area contributed by atoms with E-state index in [9.17, 15) is 9.18 Å². The second-order valence-electron chi connectivity index (χ2n) is 6.58. The van der Waals surface area contributed by atoms with E-state index in [2.05, 4.69) is 20.4 Å². The maximum absolute atomic E-state index is 14.3. The lowest BCUT2D eigenvalue weighted by Gasteiger charge is -2.28. The molecule has 9 heteroatoms. The van der Waals surface area contributed by atoms with Crippen molar-refractivity contribution in [1.82, 2.24) is 19.7 Å². The van der Waals surface area contributed by atoms with Crippen molar-refractivity contribution in [3.63, 3.8) is 0 Å². The van der Waals surface area contributed by atoms with Gasteiger partial charge in [0.05, 0.1) is 31.3 Å². The molecule has 1 amide bonds. The lowest BCUT2D eigenvalue weighted by Crippen LogP contribution is -2.37. The van der Waals surface area contributed by atoms with Gasteiger partial charge in [0.2, 0.25) is 0 Å². The number of hydrogen-bond acceptors (Lipinski definition) is 6. The van der Waals surface area contributed by atoms with Crippen molar-refractivity contribution < 1.29 is 13.9 Å². The second-order valence-corrected chi connectivity index (χ2v) is 6.58. The van der Waals surface area contributed by atoms with Gasteiger partial charge in [0.15, 0.2) is 17.5 Å². The minimum atomic E-state index is -0.475. The second kappa shape index (κ2) is 8.36. The van der Waals surface area contributed by atoms with Crippen LogP contribution in [0, 0.1) is 5.82 Å². The molecule has 2 aromatic heterocycles. The minimum absolute atomic E-state index is 0.250. The number of amides is 1. The molecule has 0 atom stereocenters. The summed E-state index contributed by atoms with van der Waals surface area (Å²) >= 11 is 0. The molecule has 4 rings (SSSR count). The molecule has 0 saturated carbocycles. The van der Waals surface area contributed by atoms with Crippen LogP contribution in [0.25, 0.3) is 11.4 Å². The molecule has 0 spiro atoms. The average molecular weight is 396 g/mol. The van der Waals surface area contributed by atoms with Crippen molar-refractivity contribution in [2.75, 3.05) is 36.5 Å². The Labute approximate surface area is 167 Å². The van der Waals surface area contributed by atoms with E-state index in [0.29, 0.717) is 48.9 Å². The van der Waals surface area contributed by atoms with E-state index in [0.717, 1.165) is 6.54 Å². The van der Waals surface area contributed by atoms with Crippen LogP contribution < -0.4 is 10.2 Å². The molecule has 1 aliphatic rings. The zero-order chi connectivity index (χ0) is 20.2. The molecule has 1 aliphatic heterocycles. The molecule has 1 saturated heterocycles. The fourth-order valence-electron chi connectivity index (χ4n) is 3.10. The van der Waals surface area contributed by atoms with Crippen molar-refractivity contribution in [3.8, 4) is 11.4 Å². The SMILES string of the molecule is CCn1cc(NC(=O)c2cccc(-c3ncc(F)c(N4CCOCC4)n3)c2)cn1. The number of carbonyl (C=O) groups excluding carboxylic acids is 1. The highest BCUT2D eigenvalue weighted by Crippen LogP contribution is 2.23. The summed E-state index contributed by atoms with van der Waals surface area (Å²) in [6.07, 6.45) is 4.53. The lowest BCUT2D eigenvalue weighted by atomic mass is 10.1. The summed E-state index contributed by atoms with van der Waals surface area (Å²) < 4.78 is 21.3. The number of carbonyl (C=O) groups is 1. The minimum Gasteiger partial charge on any atom is -0.378 e. The van der Waals surface area contributed by atoms with Crippen LogP contribution in [-0.2, 0) is 11.3 Å². The molecule has 0 bridgehead atoms. The van der Waals surface area contributed by atoms with Gasteiger partial charge < -0.3 is 15.0 Å². The topological polar surface area (TPSA) is 85.2 Å². The Bertz CT molecular complexity index is 1020. The summed E-state index contributed by atoms with van der Waals surface area (Å²) in [5.41, 5.74) is 1.71. The number of ether oxygens (including phenoxy) is 1. The molecule has 29 heavy (non-hydrogen) atoms. The predicted octanol–water partition coefficient (Wildman–Crippen LogP) is 2.59. The number of aryl methyl sites for hydroxylation is 1. The van der Waals surface area contributed by atoms with Gasteiger partial charge in [-0.25, -0.2) is 14.4 Å². The van der Waals surface area contributed by atoms with Gasteiger partial charge in [0.1, 0.15) is 0 Å². The van der Waals surface area contributed by atoms with Gasteiger partial charge in [0, 0.05) is 37.0 Å². The van der Waals surface area contributed by atoms with Gasteiger partial charge in [-0.15, -0.1) is 0 Å². The van der Waals surface area contributed by atoms with Gasteiger partial charge in [-0.05, 0) is 19.1 Å². The maximum atomic E-state index is 14.3. The molecular weight excluding hydrogens is 375 g/mol. The summed E-state index contributed by atoms with van der Waals surface area (Å²) in [4.78, 5) is 22.9. The lowest BCUT2D eigenvalue weighted by molar-refractivity contribution is 0.102. The van der Waals surface area contributed by atoms with Gasteiger partial charge in [-0.3, -0.25) is 9.48 Å². The molecule has 150 valence electrons. The van der Waals surface area contributed by atoms with Crippen LogP contribution >= 0.6 is 0 Å². The van der Waals surface area contributed by atoms with Crippen LogP contribution in [0.4, 0.5) is 15.9 Å². The standard InChI is InChI=1S/C20H21FN6O2/c1-2-27-13-16(11-23-27)24-20(28)15-5-3-4-14(10-15)18-22-12-17(21)19(25-18)26-6-8-29-9-7-26/h3-5,10-13H,2,6-9H2,1H3,(H,24,28). The molecule has 0 aliphatic carbocycles. The largest absolute Gasteiger partial charge is 0.378 e. The number of hydrogen-bond donors (Lipinski definition) is 1. The number of rotatable bonds is 5. The summed E-state index contributed by atoms with van der Waals surface area (Å²) in [5.74, 6) is -0.128. The third-order valence-electron chi connectivity index (χ3n) is 4.63. The number of anilines is 2. The van der Waals surface area contributed by atoms with Crippen LogP contribution in [0.15, 0.2) is 42.9 Å². The fraction of sp³-hybridized carbons (Fsp3) is 0.300. The first kappa shape index (κ1) is 19.0. The fourth-order valence-corrected chi connectivity index (χ4v) is 3.10. The zero-order valence-corrected chi connectivity index (χ0v) is 16.0. The molecule has 1 N–H and O–H groups in total. The summed E-state index contributed by atoms with van der Waals surface area (Å²) in [6.45, 7) is 4.89. The van der Waals surface area contributed by atoms with E-state index in [1.165, 1.54) is 6.20 Å². The molecule has 1 fully saturated rings. The quantitative estimate of drug-likeness (QED) is 0.714. The molecule has 0 radical (unpaired) electrons. The highest BCUT2D eigenvalue weighted by molar-refractivity contribution is 6.04. The number of aromatic nitrogens is 4. The number of nitrogens with zero attached hydrogens (tertiary/aromatic N) is 5. The van der Waals surface area contributed by atoms with E-state index in [1.54, 1.807) is 41.3 Å². The Morgan fingerprint density at radius 3 is 2.86 bits per heavy atom. The summed E-state index contributed by atoms with van der Waals surface area (Å²) in [6, 6.07) is 6.94. The van der Waals surface area contributed by atoms with Crippen LogP contribution in [0.1, 0.15) is 17.3 Å². The Morgan fingerprint density at radius 1 is 1.28 bits per heavy atom. The third-order valence-corrected chi connectivity index (χ3v) is 4.63. The molecule has 8 nitrogen and oxygen atoms in total.